The van der Waals surface area contributed by atoms with Crippen LogP contribution in [-0.2, 0) is 0 Å². The molecule has 0 spiro atoms. The third kappa shape index (κ3) is 6.28. The molecule has 0 unspecified atom stereocenters. The van der Waals surface area contributed by atoms with Crippen molar-refractivity contribution >= 4 is 50.6 Å². The van der Waals surface area contributed by atoms with Gasteiger partial charge in [0, 0.05) is 36.8 Å². The largest absolute Gasteiger partial charge is 0.497 e. The van der Waals surface area contributed by atoms with Crippen molar-refractivity contribution in [2.45, 2.75) is 32.7 Å². The summed E-state index contributed by atoms with van der Waals surface area (Å²) in [7, 11) is 1.69. The Balaban J connectivity index is 0.00000242. The number of nitrogens with zero attached hydrogens (tertiary/aromatic N) is 1. The van der Waals surface area contributed by atoms with Crippen LogP contribution in [0.15, 0.2) is 30.5 Å². The molecule has 130 valence electrons. The lowest BCUT2D eigenvalue weighted by atomic mass is 10.1. The van der Waals surface area contributed by atoms with Crippen LogP contribution in [0.5, 0.6) is 5.75 Å². The number of fused-ring (bicyclic) bond motifs is 1. The van der Waals surface area contributed by atoms with Gasteiger partial charge in [0.1, 0.15) is 5.75 Å². The van der Waals surface area contributed by atoms with E-state index in [1.54, 1.807) is 7.11 Å². The maximum Gasteiger partial charge on any atom is 0.121 e. The van der Waals surface area contributed by atoms with Crippen molar-refractivity contribution in [1.29, 1.82) is 0 Å². The SMILES string of the molecule is Br.Br.CCC(CC)NCCNc1cc(OC)cc2cccnc12. The third-order valence-corrected chi connectivity index (χ3v) is 3.77. The third-order valence-electron chi connectivity index (χ3n) is 3.77. The molecular weight excluding hydrogens is 422 g/mol. The molecule has 2 N–H and O–H groups in total. The molecule has 0 saturated heterocycles. The van der Waals surface area contributed by atoms with Crippen LogP contribution in [-0.4, -0.2) is 31.2 Å². The minimum atomic E-state index is 0. The number of hydrogen-bond acceptors (Lipinski definition) is 4. The van der Waals surface area contributed by atoms with E-state index in [1.165, 1.54) is 12.8 Å². The molecule has 2 rings (SSSR count). The van der Waals surface area contributed by atoms with Gasteiger partial charge in [0.15, 0.2) is 0 Å². The summed E-state index contributed by atoms with van der Waals surface area (Å²) in [5.41, 5.74) is 2.01. The normalized spacial score (nSPS) is 10.1. The molecule has 0 amide bonds. The molecule has 0 fully saturated rings. The van der Waals surface area contributed by atoms with Crippen molar-refractivity contribution in [3.63, 3.8) is 0 Å². The molecular formula is C17H27Br2N3O. The Kier molecular flexibility index (Phi) is 11.2. The van der Waals surface area contributed by atoms with Crippen molar-refractivity contribution in [2.75, 3.05) is 25.5 Å². The van der Waals surface area contributed by atoms with Crippen LogP contribution in [0.25, 0.3) is 10.9 Å². The van der Waals surface area contributed by atoms with Crippen LogP contribution in [0, 0.1) is 0 Å². The van der Waals surface area contributed by atoms with E-state index in [0.717, 1.165) is 35.4 Å². The fraction of sp³-hybridized carbons (Fsp3) is 0.471. The van der Waals surface area contributed by atoms with Gasteiger partial charge in [0.25, 0.3) is 0 Å². The van der Waals surface area contributed by atoms with Gasteiger partial charge in [-0.1, -0.05) is 19.9 Å². The minimum absolute atomic E-state index is 0. The van der Waals surface area contributed by atoms with Gasteiger partial charge in [0.05, 0.1) is 18.3 Å². The van der Waals surface area contributed by atoms with E-state index in [1.807, 2.05) is 24.4 Å². The Morgan fingerprint density at radius 2 is 1.87 bits per heavy atom. The number of ether oxygens (including phenoxy) is 1. The highest BCUT2D eigenvalue weighted by Gasteiger charge is 2.06. The first-order chi connectivity index (χ1) is 10.3. The molecule has 6 heteroatoms. The van der Waals surface area contributed by atoms with E-state index < -0.39 is 0 Å². The zero-order valence-corrected chi connectivity index (χ0v) is 17.4. The summed E-state index contributed by atoms with van der Waals surface area (Å²) in [4.78, 5) is 4.46. The molecule has 0 aliphatic carbocycles. The molecule has 0 atom stereocenters. The standard InChI is InChI=1S/C17H25N3O.2BrH/c1-4-14(5-2)18-9-10-19-16-12-15(21-3)11-13-7-6-8-20-17(13)16;;/h6-8,11-12,14,18-19H,4-5,9-10H2,1-3H3;2*1H. The predicted octanol–water partition coefficient (Wildman–Crippen LogP) is 4.59. The Labute approximate surface area is 159 Å². The van der Waals surface area contributed by atoms with Crippen molar-refractivity contribution in [1.82, 2.24) is 10.3 Å². The van der Waals surface area contributed by atoms with E-state index in [-0.39, 0.29) is 34.0 Å². The summed E-state index contributed by atoms with van der Waals surface area (Å²) in [5.74, 6) is 0.853. The number of halogens is 2. The molecule has 1 aromatic heterocycles. The van der Waals surface area contributed by atoms with Crippen LogP contribution in [0.2, 0.25) is 0 Å². The van der Waals surface area contributed by atoms with Gasteiger partial charge in [-0.05, 0) is 25.0 Å². The average molecular weight is 449 g/mol. The zero-order valence-electron chi connectivity index (χ0n) is 14.0. The Morgan fingerprint density at radius 1 is 1.13 bits per heavy atom. The lowest BCUT2D eigenvalue weighted by molar-refractivity contribution is 0.415. The van der Waals surface area contributed by atoms with Crippen LogP contribution >= 0.6 is 34.0 Å². The fourth-order valence-electron chi connectivity index (χ4n) is 2.47. The number of anilines is 1. The smallest absolute Gasteiger partial charge is 0.121 e. The second kappa shape index (κ2) is 11.6. The Bertz CT molecular complexity index is 577. The highest BCUT2D eigenvalue weighted by Crippen LogP contribution is 2.27. The quantitative estimate of drug-likeness (QED) is 0.579. The number of rotatable bonds is 8. The van der Waals surface area contributed by atoms with Crippen LogP contribution in [0.3, 0.4) is 0 Å². The number of methoxy groups -OCH3 is 1. The first-order valence-electron chi connectivity index (χ1n) is 7.68. The molecule has 0 bridgehead atoms. The number of nitrogens with one attached hydrogen (secondary N) is 2. The second-order valence-electron chi connectivity index (χ2n) is 5.14. The van der Waals surface area contributed by atoms with E-state index >= 15 is 0 Å². The second-order valence-corrected chi connectivity index (χ2v) is 5.14. The molecule has 0 saturated carbocycles. The maximum atomic E-state index is 5.36. The molecule has 0 radical (unpaired) electrons. The molecule has 0 aliphatic heterocycles. The Morgan fingerprint density at radius 3 is 2.52 bits per heavy atom. The summed E-state index contributed by atoms with van der Waals surface area (Å²) in [6.07, 6.45) is 4.16. The molecule has 1 aromatic carbocycles. The number of aromatic nitrogens is 1. The first kappa shape index (κ1) is 22.1. The summed E-state index contributed by atoms with van der Waals surface area (Å²) < 4.78 is 5.36. The van der Waals surface area contributed by atoms with E-state index in [0.29, 0.717) is 6.04 Å². The van der Waals surface area contributed by atoms with Gasteiger partial charge in [-0.2, -0.15) is 0 Å². The van der Waals surface area contributed by atoms with Gasteiger partial charge < -0.3 is 15.4 Å². The van der Waals surface area contributed by atoms with Crippen molar-refractivity contribution in [2.24, 2.45) is 0 Å². The van der Waals surface area contributed by atoms with E-state index in [4.69, 9.17) is 4.74 Å². The molecule has 23 heavy (non-hydrogen) atoms. The molecule has 1 heterocycles. The van der Waals surface area contributed by atoms with Crippen LogP contribution in [0.1, 0.15) is 26.7 Å². The zero-order chi connectivity index (χ0) is 15.1. The highest BCUT2D eigenvalue weighted by atomic mass is 79.9. The van der Waals surface area contributed by atoms with Crippen molar-refractivity contribution in [3.8, 4) is 5.75 Å². The molecule has 0 aliphatic rings. The van der Waals surface area contributed by atoms with Crippen molar-refractivity contribution < 1.29 is 4.74 Å². The van der Waals surface area contributed by atoms with E-state index in [9.17, 15) is 0 Å². The van der Waals surface area contributed by atoms with Gasteiger partial charge in [-0.25, -0.2) is 0 Å². The maximum absolute atomic E-state index is 5.36. The number of benzene rings is 1. The summed E-state index contributed by atoms with van der Waals surface area (Å²) in [6, 6.07) is 8.62. The lowest BCUT2D eigenvalue weighted by Gasteiger charge is -2.16. The van der Waals surface area contributed by atoms with Crippen LogP contribution in [0.4, 0.5) is 5.69 Å². The average Bonchev–Trinajstić information content (AvgIpc) is 2.54. The van der Waals surface area contributed by atoms with Crippen LogP contribution < -0.4 is 15.4 Å². The van der Waals surface area contributed by atoms with Gasteiger partial charge in [-0.3, -0.25) is 4.98 Å². The monoisotopic (exact) mass is 447 g/mol. The first-order valence-corrected chi connectivity index (χ1v) is 7.68. The Hall–Kier alpha value is -0.850. The van der Waals surface area contributed by atoms with Crippen molar-refractivity contribution in [3.05, 3.63) is 30.5 Å². The summed E-state index contributed by atoms with van der Waals surface area (Å²) >= 11 is 0. The number of hydrogen-bond donors (Lipinski definition) is 2. The summed E-state index contributed by atoms with van der Waals surface area (Å²) in [6.45, 7) is 6.25. The molecule has 2 aromatic rings. The molecule has 4 nitrogen and oxygen atoms in total. The topological polar surface area (TPSA) is 46.2 Å². The van der Waals surface area contributed by atoms with Gasteiger partial charge in [0.2, 0.25) is 0 Å². The van der Waals surface area contributed by atoms with Gasteiger partial charge >= 0.3 is 0 Å². The summed E-state index contributed by atoms with van der Waals surface area (Å²) in [5, 5.41) is 8.10. The lowest BCUT2D eigenvalue weighted by Crippen LogP contribution is -2.32. The minimum Gasteiger partial charge on any atom is -0.497 e. The predicted molar refractivity (Wildman–Crippen MR) is 110 cm³/mol. The van der Waals surface area contributed by atoms with E-state index in [2.05, 4.69) is 35.5 Å². The van der Waals surface area contributed by atoms with Gasteiger partial charge in [-0.15, -0.1) is 34.0 Å². The number of pyridine rings is 1. The fourth-order valence-corrected chi connectivity index (χ4v) is 2.47. The highest BCUT2D eigenvalue weighted by molar-refractivity contribution is 8.93.